The highest BCUT2D eigenvalue weighted by molar-refractivity contribution is 6.35. The molecule has 1 aliphatic carbocycles. The van der Waals surface area contributed by atoms with Crippen LogP contribution < -0.4 is 10.6 Å². The van der Waals surface area contributed by atoms with Crippen LogP contribution in [-0.4, -0.2) is 36.0 Å². The van der Waals surface area contributed by atoms with Gasteiger partial charge in [0.25, 0.3) is 0 Å². The molecule has 3 N–H and O–H groups in total. The maximum Gasteiger partial charge on any atom is 0.309 e. The summed E-state index contributed by atoms with van der Waals surface area (Å²) >= 11 is 0. The average Bonchev–Trinajstić information content (AvgIpc) is 2.36. The van der Waals surface area contributed by atoms with Crippen LogP contribution in [0, 0.1) is 11.8 Å². The minimum atomic E-state index is -0.736. The summed E-state index contributed by atoms with van der Waals surface area (Å²) in [6.07, 6.45) is 2.87. The average molecular weight is 256 g/mol. The molecule has 0 aromatic rings. The quantitative estimate of drug-likeness (QED) is 0.623. The number of aliphatic carboxylic acids is 1. The van der Waals surface area contributed by atoms with E-state index in [0.717, 1.165) is 12.8 Å². The molecule has 0 spiro atoms. The lowest BCUT2D eigenvalue weighted by Gasteiger charge is -2.25. The number of hydrogen-bond acceptors (Lipinski definition) is 3. The fraction of sp³-hybridized carbons (Fsp3) is 0.750. The highest BCUT2D eigenvalue weighted by Gasteiger charge is 2.26. The van der Waals surface area contributed by atoms with Gasteiger partial charge in [0.05, 0.1) is 5.92 Å². The number of carboxylic acids is 1. The van der Waals surface area contributed by atoms with Gasteiger partial charge < -0.3 is 15.7 Å². The third kappa shape index (κ3) is 4.35. The summed E-state index contributed by atoms with van der Waals surface area (Å²) in [4.78, 5) is 33.3. The number of nitrogens with one attached hydrogen (secondary N) is 2. The molecule has 18 heavy (non-hydrogen) atoms. The molecule has 0 radical (unpaired) electrons. The zero-order valence-electron chi connectivity index (χ0n) is 10.6. The first-order valence-electron chi connectivity index (χ1n) is 6.33. The van der Waals surface area contributed by atoms with Crippen molar-refractivity contribution < 1.29 is 19.5 Å². The molecule has 1 rings (SSSR count). The van der Waals surface area contributed by atoms with Crippen LogP contribution >= 0.6 is 0 Å². The van der Waals surface area contributed by atoms with Crippen LogP contribution in [0.4, 0.5) is 0 Å². The van der Waals surface area contributed by atoms with Crippen LogP contribution in [0.1, 0.15) is 32.6 Å². The van der Waals surface area contributed by atoms with Gasteiger partial charge in [-0.05, 0) is 38.5 Å². The predicted octanol–water partition coefficient (Wildman–Crippen LogP) is 0.130. The smallest absolute Gasteiger partial charge is 0.309 e. The van der Waals surface area contributed by atoms with E-state index in [4.69, 9.17) is 5.11 Å². The summed E-state index contributed by atoms with van der Waals surface area (Å²) in [5.41, 5.74) is 0. The first-order valence-corrected chi connectivity index (χ1v) is 6.33. The third-order valence-electron chi connectivity index (χ3n) is 3.29. The van der Waals surface area contributed by atoms with Crippen molar-refractivity contribution in [2.24, 2.45) is 11.8 Å². The fourth-order valence-electron chi connectivity index (χ4n) is 2.17. The summed E-state index contributed by atoms with van der Waals surface area (Å²) < 4.78 is 0. The Morgan fingerprint density at radius 1 is 1.06 bits per heavy atom. The monoisotopic (exact) mass is 256 g/mol. The lowest BCUT2D eigenvalue weighted by molar-refractivity contribution is -0.143. The Bertz CT molecular complexity index is 322. The summed E-state index contributed by atoms with van der Waals surface area (Å²) in [7, 11) is 0. The third-order valence-corrected chi connectivity index (χ3v) is 3.29. The molecule has 6 nitrogen and oxygen atoms in total. The van der Waals surface area contributed by atoms with E-state index >= 15 is 0 Å². The van der Waals surface area contributed by atoms with E-state index in [1.165, 1.54) is 0 Å². The van der Waals surface area contributed by atoms with Gasteiger partial charge in [0.1, 0.15) is 0 Å². The maximum absolute atomic E-state index is 11.3. The Morgan fingerprint density at radius 2 is 1.61 bits per heavy atom. The van der Waals surface area contributed by atoms with Gasteiger partial charge in [-0.2, -0.15) is 0 Å². The summed E-state index contributed by atoms with van der Waals surface area (Å²) in [5.74, 6) is -1.94. The van der Waals surface area contributed by atoms with Crippen LogP contribution in [0.5, 0.6) is 0 Å². The number of carboxylic acid groups (broad SMARTS) is 1. The lowest BCUT2D eigenvalue weighted by Crippen LogP contribution is -2.42. The number of rotatable bonds is 4. The van der Waals surface area contributed by atoms with Crippen LogP contribution in [0.15, 0.2) is 0 Å². The van der Waals surface area contributed by atoms with Gasteiger partial charge in [-0.25, -0.2) is 0 Å². The molecule has 1 saturated carbocycles. The minimum absolute atomic E-state index is 0.250. The van der Waals surface area contributed by atoms with Crippen molar-refractivity contribution in [2.45, 2.75) is 32.6 Å². The topological polar surface area (TPSA) is 95.5 Å². The molecule has 0 unspecified atom stereocenters. The van der Waals surface area contributed by atoms with Crippen molar-refractivity contribution >= 4 is 17.8 Å². The zero-order chi connectivity index (χ0) is 13.5. The first-order chi connectivity index (χ1) is 8.54. The standard InChI is InChI=1S/C12H20N2O4/c1-2-13-10(15)11(16)14-7-8-3-5-9(6-4-8)12(17)18/h8-9H,2-7H2,1H3,(H,13,15)(H,14,16)(H,17,18)/t8-,9-. The van der Waals surface area contributed by atoms with Gasteiger partial charge in [0, 0.05) is 13.1 Å². The first kappa shape index (κ1) is 14.5. The highest BCUT2D eigenvalue weighted by Crippen LogP contribution is 2.28. The zero-order valence-corrected chi connectivity index (χ0v) is 10.6. The second-order valence-corrected chi connectivity index (χ2v) is 4.63. The van der Waals surface area contributed by atoms with E-state index in [2.05, 4.69) is 10.6 Å². The number of likely N-dealkylation sites (N-methyl/N-ethyl adjacent to an activating group) is 1. The summed E-state index contributed by atoms with van der Waals surface area (Å²) in [6.45, 7) is 2.62. The fourth-order valence-corrected chi connectivity index (χ4v) is 2.17. The van der Waals surface area contributed by atoms with E-state index in [1.54, 1.807) is 6.92 Å². The Balaban J connectivity index is 2.23. The van der Waals surface area contributed by atoms with Gasteiger partial charge in [0.15, 0.2) is 0 Å². The number of carbonyl (C=O) groups excluding carboxylic acids is 2. The van der Waals surface area contributed by atoms with Gasteiger partial charge >= 0.3 is 17.8 Å². The Hall–Kier alpha value is -1.59. The molecule has 0 atom stereocenters. The predicted molar refractivity (Wildman–Crippen MR) is 64.8 cm³/mol. The Labute approximate surface area is 106 Å². The van der Waals surface area contributed by atoms with Gasteiger partial charge in [-0.1, -0.05) is 0 Å². The molecule has 102 valence electrons. The van der Waals surface area contributed by atoms with Crippen LogP contribution in [0.2, 0.25) is 0 Å². The maximum atomic E-state index is 11.3. The van der Waals surface area contributed by atoms with Crippen molar-refractivity contribution in [3.05, 3.63) is 0 Å². The second-order valence-electron chi connectivity index (χ2n) is 4.63. The molecule has 1 aliphatic rings. The summed E-state index contributed by atoms with van der Waals surface area (Å²) in [6, 6.07) is 0. The van der Waals surface area contributed by atoms with Gasteiger partial charge in [-0.15, -0.1) is 0 Å². The lowest BCUT2D eigenvalue weighted by atomic mass is 9.82. The van der Waals surface area contributed by atoms with E-state index in [1.807, 2.05) is 0 Å². The molecule has 0 aromatic heterocycles. The van der Waals surface area contributed by atoms with Crippen LogP contribution in [0.25, 0.3) is 0 Å². The molecular formula is C12H20N2O4. The molecule has 2 amide bonds. The largest absolute Gasteiger partial charge is 0.481 e. The molecule has 0 aromatic carbocycles. The normalized spacial score (nSPS) is 23.2. The number of hydrogen-bond donors (Lipinski definition) is 3. The molecule has 0 aliphatic heterocycles. The van der Waals surface area contributed by atoms with Crippen molar-refractivity contribution in [3.63, 3.8) is 0 Å². The van der Waals surface area contributed by atoms with Crippen molar-refractivity contribution in [2.75, 3.05) is 13.1 Å². The van der Waals surface area contributed by atoms with Gasteiger partial charge in [0.2, 0.25) is 0 Å². The van der Waals surface area contributed by atoms with E-state index < -0.39 is 17.8 Å². The molecule has 0 bridgehead atoms. The van der Waals surface area contributed by atoms with E-state index in [-0.39, 0.29) is 11.8 Å². The van der Waals surface area contributed by atoms with E-state index in [9.17, 15) is 14.4 Å². The highest BCUT2D eigenvalue weighted by atomic mass is 16.4. The van der Waals surface area contributed by atoms with E-state index in [0.29, 0.717) is 25.9 Å². The van der Waals surface area contributed by atoms with Crippen LogP contribution in [-0.2, 0) is 14.4 Å². The Morgan fingerprint density at radius 3 is 2.11 bits per heavy atom. The number of amides is 2. The molecule has 6 heteroatoms. The van der Waals surface area contributed by atoms with Crippen molar-refractivity contribution in [1.82, 2.24) is 10.6 Å². The van der Waals surface area contributed by atoms with Crippen molar-refractivity contribution in [3.8, 4) is 0 Å². The number of carbonyl (C=O) groups is 3. The van der Waals surface area contributed by atoms with Crippen LogP contribution in [0.3, 0.4) is 0 Å². The Kier molecular flexibility index (Phi) is 5.61. The summed E-state index contributed by atoms with van der Waals surface area (Å²) in [5, 5.41) is 13.9. The molecular weight excluding hydrogens is 236 g/mol. The van der Waals surface area contributed by atoms with Crippen molar-refractivity contribution in [1.29, 1.82) is 0 Å². The van der Waals surface area contributed by atoms with Gasteiger partial charge in [-0.3, -0.25) is 14.4 Å². The second kappa shape index (κ2) is 6.98. The minimum Gasteiger partial charge on any atom is -0.481 e. The molecule has 1 fully saturated rings. The molecule has 0 heterocycles. The molecule has 0 saturated heterocycles. The SMILES string of the molecule is CCNC(=O)C(=O)NC[C@H]1CC[C@H](C(=O)O)CC1.